The number of anilines is 1. The molecule has 0 radical (unpaired) electrons. The molecule has 3 rings (SSSR count). The molecule has 0 saturated carbocycles. The third-order valence-electron chi connectivity index (χ3n) is 4.43. The Morgan fingerprint density at radius 2 is 1.93 bits per heavy atom. The minimum absolute atomic E-state index is 0.0977. The quantitative estimate of drug-likeness (QED) is 0.768. The highest BCUT2D eigenvalue weighted by molar-refractivity contribution is 7.99. The third-order valence-corrected chi connectivity index (χ3v) is 7.51. The predicted octanol–water partition coefficient (Wildman–Crippen LogP) is 3.55. The summed E-state index contributed by atoms with van der Waals surface area (Å²) >= 11 is 7.47. The molecule has 0 unspecified atom stereocenters. The third kappa shape index (κ3) is 5.72. The van der Waals surface area contributed by atoms with E-state index in [1.165, 1.54) is 0 Å². The molecule has 27 heavy (non-hydrogen) atoms. The van der Waals surface area contributed by atoms with Gasteiger partial charge >= 0.3 is 0 Å². The summed E-state index contributed by atoms with van der Waals surface area (Å²) in [4.78, 5) is 16.2. The molecule has 2 aromatic carbocycles. The highest BCUT2D eigenvalue weighted by atomic mass is 35.5. The molecule has 8 heteroatoms. The lowest BCUT2D eigenvalue weighted by Crippen LogP contribution is -2.38. The minimum Gasteiger partial charge on any atom is -0.324 e. The number of benzene rings is 2. The normalized spacial score (nSPS) is 18.6. The molecular weight excluding hydrogens is 404 g/mol. The molecule has 1 saturated heterocycles. The Morgan fingerprint density at radius 3 is 2.59 bits per heavy atom. The van der Waals surface area contributed by atoms with Crippen LogP contribution in [0.4, 0.5) is 5.69 Å². The van der Waals surface area contributed by atoms with Crippen LogP contribution in [-0.2, 0) is 14.6 Å². The molecule has 0 spiro atoms. The van der Waals surface area contributed by atoms with Gasteiger partial charge in [0.1, 0.15) is 0 Å². The maximum absolute atomic E-state index is 12.5. The number of amides is 1. The van der Waals surface area contributed by atoms with Crippen LogP contribution in [0.15, 0.2) is 58.3 Å². The summed E-state index contributed by atoms with van der Waals surface area (Å²) in [5, 5.41) is 3.62. The van der Waals surface area contributed by atoms with E-state index >= 15 is 0 Å². The van der Waals surface area contributed by atoms with E-state index in [1.807, 2.05) is 53.4 Å². The van der Waals surface area contributed by atoms with Gasteiger partial charge in [0.2, 0.25) is 5.91 Å². The Morgan fingerprint density at radius 1 is 1.22 bits per heavy atom. The zero-order valence-electron chi connectivity index (χ0n) is 14.9. The largest absolute Gasteiger partial charge is 0.324 e. The van der Waals surface area contributed by atoms with Crippen molar-refractivity contribution in [3.63, 3.8) is 0 Å². The zero-order chi connectivity index (χ0) is 19.4. The Labute approximate surface area is 169 Å². The summed E-state index contributed by atoms with van der Waals surface area (Å²) in [6.45, 7) is 0.153. The van der Waals surface area contributed by atoms with Crippen LogP contribution in [0.1, 0.15) is 6.42 Å². The van der Waals surface area contributed by atoms with Crippen LogP contribution in [0.2, 0.25) is 5.02 Å². The number of nitrogens with one attached hydrogen (secondary N) is 1. The number of hydrogen-bond donors (Lipinski definition) is 1. The zero-order valence-corrected chi connectivity index (χ0v) is 17.3. The molecule has 0 aliphatic carbocycles. The predicted molar refractivity (Wildman–Crippen MR) is 110 cm³/mol. The van der Waals surface area contributed by atoms with Gasteiger partial charge in [0, 0.05) is 20.9 Å². The van der Waals surface area contributed by atoms with E-state index in [2.05, 4.69) is 5.32 Å². The second-order valence-corrected chi connectivity index (χ2v) is 10.4. The molecular formula is C19H21ClN2O3S2. The maximum atomic E-state index is 12.5. The van der Waals surface area contributed by atoms with Crippen LogP contribution in [0.5, 0.6) is 0 Å². The molecule has 2 aromatic rings. The maximum Gasteiger partial charge on any atom is 0.238 e. The van der Waals surface area contributed by atoms with E-state index in [0.717, 1.165) is 15.5 Å². The fourth-order valence-corrected chi connectivity index (χ4v) is 5.79. The molecule has 0 aromatic heterocycles. The van der Waals surface area contributed by atoms with Crippen LogP contribution in [0.3, 0.4) is 0 Å². The fraction of sp³-hybridized carbons (Fsp3) is 0.316. The number of nitrogens with zero attached hydrogens (tertiary/aromatic N) is 1. The highest BCUT2D eigenvalue weighted by Gasteiger charge is 2.31. The van der Waals surface area contributed by atoms with Gasteiger partial charge in [-0.1, -0.05) is 35.5 Å². The Kier molecular flexibility index (Phi) is 6.47. The lowest BCUT2D eigenvalue weighted by molar-refractivity contribution is -0.117. The second kappa shape index (κ2) is 8.65. The first-order valence-electron chi connectivity index (χ1n) is 8.55. The minimum atomic E-state index is -2.97. The fourth-order valence-electron chi connectivity index (χ4n) is 2.96. The Hall–Kier alpha value is -1.54. The van der Waals surface area contributed by atoms with Gasteiger partial charge in [-0.15, -0.1) is 0 Å². The summed E-state index contributed by atoms with van der Waals surface area (Å²) in [5.41, 5.74) is 0.731. The van der Waals surface area contributed by atoms with Crippen molar-refractivity contribution in [2.75, 3.05) is 30.4 Å². The van der Waals surface area contributed by atoms with Crippen LogP contribution in [0, 0.1) is 0 Å². The van der Waals surface area contributed by atoms with E-state index in [4.69, 9.17) is 11.6 Å². The number of para-hydroxylation sites is 1. The van der Waals surface area contributed by atoms with E-state index in [9.17, 15) is 13.2 Å². The molecule has 1 fully saturated rings. The topological polar surface area (TPSA) is 66.5 Å². The van der Waals surface area contributed by atoms with Crippen LogP contribution >= 0.6 is 23.4 Å². The van der Waals surface area contributed by atoms with Gasteiger partial charge in [-0.2, -0.15) is 0 Å². The van der Waals surface area contributed by atoms with Gasteiger partial charge in [-0.25, -0.2) is 8.42 Å². The van der Waals surface area contributed by atoms with Crippen molar-refractivity contribution in [2.45, 2.75) is 22.3 Å². The van der Waals surface area contributed by atoms with E-state index in [1.54, 1.807) is 18.8 Å². The molecule has 1 aliphatic heterocycles. The summed E-state index contributed by atoms with van der Waals surface area (Å²) in [5.74, 6) is 0.162. The Bertz CT molecular complexity index is 917. The van der Waals surface area contributed by atoms with Gasteiger partial charge in [0.15, 0.2) is 9.84 Å². The molecule has 5 nitrogen and oxygen atoms in total. The van der Waals surface area contributed by atoms with E-state index in [-0.39, 0.29) is 30.0 Å². The average Bonchev–Trinajstić information content (AvgIpc) is 2.98. The second-order valence-electron chi connectivity index (χ2n) is 6.57. The van der Waals surface area contributed by atoms with Gasteiger partial charge in [-0.05, 0) is 49.9 Å². The number of rotatable bonds is 6. The summed E-state index contributed by atoms with van der Waals surface area (Å²) < 4.78 is 23.2. The highest BCUT2D eigenvalue weighted by Crippen LogP contribution is 2.33. The lowest BCUT2D eigenvalue weighted by Gasteiger charge is -2.22. The van der Waals surface area contributed by atoms with Crippen molar-refractivity contribution in [1.29, 1.82) is 0 Å². The monoisotopic (exact) mass is 424 g/mol. The molecule has 1 atom stereocenters. The Balaban J connectivity index is 1.63. The summed E-state index contributed by atoms with van der Waals surface area (Å²) in [6.07, 6.45) is 0.578. The van der Waals surface area contributed by atoms with Gasteiger partial charge in [0.05, 0.1) is 23.7 Å². The number of sulfone groups is 1. The standard InChI is InChI=1S/C19H21ClN2O3S2/c1-22(15-10-11-27(24,25)13-15)12-19(23)21-17-4-2-3-5-18(17)26-16-8-6-14(20)7-9-16/h2-9,15H,10-13H2,1H3,(H,21,23)/t15-/m0/s1. The number of carbonyl (C=O) groups excluding carboxylic acids is 1. The van der Waals surface area contributed by atoms with Crippen LogP contribution in [0.25, 0.3) is 0 Å². The first-order chi connectivity index (χ1) is 12.8. The van der Waals surface area contributed by atoms with Crippen LogP contribution < -0.4 is 5.32 Å². The first-order valence-corrected chi connectivity index (χ1v) is 11.6. The SMILES string of the molecule is CN(CC(=O)Nc1ccccc1Sc1ccc(Cl)cc1)[C@H]1CCS(=O)(=O)C1. The van der Waals surface area contributed by atoms with Crippen molar-refractivity contribution in [3.05, 3.63) is 53.6 Å². The summed E-state index contributed by atoms with van der Waals surface area (Å²) in [7, 11) is -1.17. The van der Waals surface area contributed by atoms with Gasteiger partial charge in [0.25, 0.3) is 0 Å². The number of halogens is 1. The molecule has 144 valence electrons. The average molecular weight is 425 g/mol. The van der Waals surface area contributed by atoms with E-state index < -0.39 is 9.84 Å². The molecule has 0 bridgehead atoms. The van der Waals surface area contributed by atoms with Gasteiger partial charge < -0.3 is 5.32 Å². The molecule has 1 aliphatic rings. The van der Waals surface area contributed by atoms with Crippen molar-refractivity contribution >= 4 is 44.8 Å². The van der Waals surface area contributed by atoms with E-state index in [0.29, 0.717) is 11.4 Å². The van der Waals surface area contributed by atoms with Crippen molar-refractivity contribution in [1.82, 2.24) is 4.90 Å². The number of hydrogen-bond acceptors (Lipinski definition) is 5. The van der Waals surface area contributed by atoms with Crippen molar-refractivity contribution < 1.29 is 13.2 Å². The summed E-state index contributed by atoms with van der Waals surface area (Å²) in [6, 6.07) is 15.0. The molecule has 1 heterocycles. The molecule has 1 amide bonds. The van der Waals surface area contributed by atoms with Crippen molar-refractivity contribution in [2.24, 2.45) is 0 Å². The lowest BCUT2D eigenvalue weighted by atomic mass is 10.2. The number of likely N-dealkylation sites (N-methyl/N-ethyl adjacent to an activating group) is 1. The number of carbonyl (C=O) groups is 1. The van der Waals surface area contributed by atoms with Crippen molar-refractivity contribution in [3.8, 4) is 0 Å². The smallest absolute Gasteiger partial charge is 0.238 e. The molecule has 1 N–H and O–H groups in total. The van der Waals surface area contributed by atoms with Crippen LogP contribution in [-0.4, -0.2) is 50.4 Å². The van der Waals surface area contributed by atoms with Gasteiger partial charge in [-0.3, -0.25) is 9.69 Å². The first kappa shape index (κ1) is 20.2.